The molecule has 1 unspecified atom stereocenters. The van der Waals surface area contributed by atoms with Crippen LogP contribution in [-0.2, 0) is 17.5 Å². The lowest BCUT2D eigenvalue weighted by Crippen LogP contribution is -2.29. The third kappa shape index (κ3) is 4.97. The Hall–Kier alpha value is -3.54. The van der Waals surface area contributed by atoms with Crippen LogP contribution in [0.4, 0.5) is 13.2 Å². The summed E-state index contributed by atoms with van der Waals surface area (Å²) in [6, 6.07) is 23.4. The largest absolute Gasteiger partial charge is 0.416 e. The fourth-order valence-corrected chi connectivity index (χ4v) is 5.05. The van der Waals surface area contributed by atoms with E-state index < -0.39 is 11.7 Å². The molecule has 35 heavy (non-hydrogen) atoms. The highest BCUT2D eigenvalue weighted by molar-refractivity contribution is 5.87. The molecule has 5 rings (SSSR count). The highest BCUT2D eigenvalue weighted by Gasteiger charge is 2.31. The van der Waals surface area contributed by atoms with E-state index in [4.69, 9.17) is 0 Å². The summed E-state index contributed by atoms with van der Waals surface area (Å²) in [5.41, 5.74) is 3.19. The Morgan fingerprint density at radius 3 is 2.20 bits per heavy atom. The van der Waals surface area contributed by atoms with E-state index in [-0.39, 0.29) is 18.2 Å². The van der Waals surface area contributed by atoms with Gasteiger partial charge in [-0.05, 0) is 47.7 Å². The van der Waals surface area contributed by atoms with E-state index in [0.29, 0.717) is 12.1 Å². The van der Waals surface area contributed by atoms with E-state index in [2.05, 4.69) is 22.9 Å². The molecule has 3 nitrogen and oxygen atoms in total. The Kier molecular flexibility index (Phi) is 6.37. The van der Waals surface area contributed by atoms with Gasteiger partial charge in [0.2, 0.25) is 5.91 Å². The van der Waals surface area contributed by atoms with Crippen molar-refractivity contribution in [3.8, 4) is 0 Å². The number of nitrogens with zero attached hydrogens (tertiary/aromatic N) is 2. The SMILES string of the molecule is O=C(CC(c1ccc(C(F)(F)F)cc1)c1cn(Cc2ccccc2)c2ccccc12)N1CCCC1. The summed E-state index contributed by atoms with van der Waals surface area (Å²) in [4.78, 5) is 15.1. The molecule has 6 heteroatoms. The van der Waals surface area contributed by atoms with Gasteiger partial charge >= 0.3 is 6.18 Å². The number of para-hydroxylation sites is 1. The van der Waals surface area contributed by atoms with Crippen LogP contribution in [0.2, 0.25) is 0 Å². The first-order valence-corrected chi connectivity index (χ1v) is 12.0. The lowest BCUT2D eigenvalue weighted by atomic mass is 9.87. The molecule has 1 fully saturated rings. The first-order valence-electron chi connectivity index (χ1n) is 12.0. The maximum Gasteiger partial charge on any atom is 0.416 e. The van der Waals surface area contributed by atoms with E-state index >= 15 is 0 Å². The number of likely N-dealkylation sites (tertiary alicyclic amines) is 1. The van der Waals surface area contributed by atoms with Gasteiger partial charge < -0.3 is 9.47 Å². The molecule has 2 heterocycles. The predicted molar refractivity (Wildman–Crippen MR) is 131 cm³/mol. The van der Waals surface area contributed by atoms with E-state index in [1.165, 1.54) is 12.1 Å². The molecule has 1 aromatic heterocycles. The molecule has 1 aliphatic rings. The summed E-state index contributed by atoms with van der Waals surface area (Å²) in [5, 5.41) is 1.02. The van der Waals surface area contributed by atoms with Crippen LogP contribution < -0.4 is 0 Å². The quantitative estimate of drug-likeness (QED) is 0.299. The lowest BCUT2D eigenvalue weighted by Gasteiger charge is -2.22. The number of amides is 1. The van der Waals surface area contributed by atoms with Crippen molar-refractivity contribution in [1.29, 1.82) is 0 Å². The van der Waals surface area contributed by atoms with Gasteiger partial charge in [-0.3, -0.25) is 4.79 Å². The van der Waals surface area contributed by atoms with Crippen molar-refractivity contribution >= 4 is 16.8 Å². The summed E-state index contributed by atoms with van der Waals surface area (Å²) < 4.78 is 41.8. The number of halogens is 3. The predicted octanol–water partition coefficient (Wildman–Crippen LogP) is 6.85. The normalized spacial score (nSPS) is 15.0. The highest BCUT2D eigenvalue weighted by Crippen LogP contribution is 2.37. The smallest absolute Gasteiger partial charge is 0.343 e. The molecule has 180 valence electrons. The maximum absolute atomic E-state index is 13.2. The second kappa shape index (κ2) is 9.61. The highest BCUT2D eigenvalue weighted by atomic mass is 19.4. The molecular formula is C29H27F3N2O. The summed E-state index contributed by atoms with van der Waals surface area (Å²) in [7, 11) is 0. The van der Waals surface area contributed by atoms with Crippen molar-refractivity contribution in [2.45, 2.75) is 37.9 Å². The minimum atomic E-state index is -4.40. The van der Waals surface area contributed by atoms with Gasteiger partial charge in [0, 0.05) is 49.1 Å². The van der Waals surface area contributed by atoms with Crippen LogP contribution in [-0.4, -0.2) is 28.5 Å². The number of fused-ring (bicyclic) bond motifs is 1. The van der Waals surface area contributed by atoms with Crippen LogP contribution in [0, 0.1) is 0 Å². The molecule has 4 aromatic rings. The number of hydrogen-bond acceptors (Lipinski definition) is 1. The molecule has 0 bridgehead atoms. The van der Waals surface area contributed by atoms with Gasteiger partial charge in [0.25, 0.3) is 0 Å². The molecule has 0 spiro atoms. The van der Waals surface area contributed by atoms with E-state index in [0.717, 1.165) is 60.1 Å². The first kappa shape index (κ1) is 23.2. The summed E-state index contributed by atoms with van der Waals surface area (Å²) >= 11 is 0. The molecular weight excluding hydrogens is 449 g/mol. The Balaban J connectivity index is 1.57. The van der Waals surface area contributed by atoms with Crippen molar-refractivity contribution in [2.75, 3.05) is 13.1 Å². The molecule has 0 saturated carbocycles. The van der Waals surface area contributed by atoms with Gasteiger partial charge in [0.1, 0.15) is 0 Å². The van der Waals surface area contributed by atoms with Gasteiger partial charge in [-0.2, -0.15) is 13.2 Å². The van der Waals surface area contributed by atoms with Gasteiger partial charge in [-0.15, -0.1) is 0 Å². The van der Waals surface area contributed by atoms with Crippen LogP contribution in [0.1, 0.15) is 47.4 Å². The number of rotatable bonds is 6. The average molecular weight is 477 g/mol. The van der Waals surface area contributed by atoms with E-state index in [1.807, 2.05) is 47.4 Å². The molecule has 1 atom stereocenters. The third-order valence-electron chi connectivity index (χ3n) is 6.87. The Labute approximate surface area is 202 Å². The number of benzene rings is 3. The van der Waals surface area contributed by atoms with Gasteiger partial charge in [-0.1, -0.05) is 60.7 Å². The summed E-state index contributed by atoms with van der Waals surface area (Å²) in [6.45, 7) is 2.16. The Morgan fingerprint density at radius 1 is 0.857 bits per heavy atom. The fraction of sp³-hybridized carbons (Fsp3) is 0.276. The average Bonchev–Trinajstić information content (AvgIpc) is 3.52. The minimum Gasteiger partial charge on any atom is -0.343 e. The monoisotopic (exact) mass is 476 g/mol. The molecule has 0 aliphatic carbocycles. The molecule has 1 amide bonds. The molecule has 0 N–H and O–H groups in total. The molecule has 1 saturated heterocycles. The summed E-state index contributed by atoms with van der Waals surface area (Å²) in [6.07, 6.45) is -0.118. The number of carbonyl (C=O) groups is 1. The van der Waals surface area contributed by atoms with Crippen molar-refractivity contribution < 1.29 is 18.0 Å². The van der Waals surface area contributed by atoms with Gasteiger partial charge in [0.15, 0.2) is 0 Å². The van der Waals surface area contributed by atoms with Gasteiger partial charge in [0.05, 0.1) is 5.56 Å². The second-order valence-corrected chi connectivity index (χ2v) is 9.18. The molecule has 1 aliphatic heterocycles. The summed E-state index contributed by atoms with van der Waals surface area (Å²) in [5.74, 6) is -0.292. The molecule has 3 aromatic carbocycles. The van der Waals surface area contributed by atoms with Crippen LogP contribution in [0.5, 0.6) is 0 Å². The fourth-order valence-electron chi connectivity index (χ4n) is 5.05. The van der Waals surface area contributed by atoms with Crippen LogP contribution in [0.3, 0.4) is 0 Å². The first-order chi connectivity index (χ1) is 16.9. The number of carbonyl (C=O) groups excluding carboxylic acids is 1. The second-order valence-electron chi connectivity index (χ2n) is 9.18. The molecule has 0 radical (unpaired) electrons. The van der Waals surface area contributed by atoms with Crippen molar-refractivity contribution in [2.24, 2.45) is 0 Å². The minimum absolute atomic E-state index is 0.0484. The number of alkyl halides is 3. The van der Waals surface area contributed by atoms with Crippen LogP contribution >= 0.6 is 0 Å². The van der Waals surface area contributed by atoms with Gasteiger partial charge in [-0.25, -0.2) is 0 Å². The number of aromatic nitrogens is 1. The maximum atomic E-state index is 13.2. The standard InChI is InChI=1S/C29H27F3N2O/c30-29(31,32)23-14-12-22(13-15-23)25(18-28(35)33-16-6-7-17-33)26-20-34(19-21-8-2-1-3-9-21)27-11-5-4-10-24(26)27/h1-5,8-15,20,25H,6-7,16-19H2. The Morgan fingerprint density at radius 2 is 1.51 bits per heavy atom. The van der Waals surface area contributed by atoms with E-state index in [1.54, 1.807) is 0 Å². The Bertz CT molecular complexity index is 1300. The zero-order valence-electron chi connectivity index (χ0n) is 19.3. The number of hydrogen-bond donors (Lipinski definition) is 0. The van der Waals surface area contributed by atoms with Crippen LogP contribution in [0.25, 0.3) is 10.9 Å². The topological polar surface area (TPSA) is 25.2 Å². The van der Waals surface area contributed by atoms with Crippen molar-refractivity contribution in [3.05, 3.63) is 107 Å². The van der Waals surface area contributed by atoms with Crippen molar-refractivity contribution in [3.63, 3.8) is 0 Å². The zero-order chi connectivity index (χ0) is 24.4. The van der Waals surface area contributed by atoms with Crippen molar-refractivity contribution in [1.82, 2.24) is 9.47 Å². The zero-order valence-corrected chi connectivity index (χ0v) is 19.3. The third-order valence-corrected chi connectivity index (χ3v) is 6.87. The van der Waals surface area contributed by atoms with Crippen LogP contribution in [0.15, 0.2) is 85.1 Å². The lowest BCUT2D eigenvalue weighted by molar-refractivity contribution is -0.137. The van der Waals surface area contributed by atoms with E-state index in [9.17, 15) is 18.0 Å².